The van der Waals surface area contributed by atoms with E-state index in [0.29, 0.717) is 18.1 Å². The Bertz CT molecular complexity index is 893. The number of aryl methyl sites for hydroxylation is 1. The Kier molecular flexibility index (Phi) is 5.83. The second kappa shape index (κ2) is 8.27. The van der Waals surface area contributed by atoms with E-state index in [0.717, 1.165) is 15.6 Å². The number of aromatic nitrogens is 1. The van der Waals surface area contributed by atoms with Crippen molar-refractivity contribution in [2.45, 2.75) is 25.8 Å². The zero-order valence-electron chi connectivity index (χ0n) is 14.2. The molecule has 134 valence electrons. The maximum absolute atomic E-state index is 13.0. The molecule has 0 spiro atoms. The predicted octanol–water partition coefficient (Wildman–Crippen LogP) is 5.05. The van der Waals surface area contributed by atoms with Gasteiger partial charge in [0.2, 0.25) is 5.91 Å². The molecule has 1 amide bonds. The molecule has 1 heterocycles. The quantitative estimate of drug-likeness (QED) is 0.611. The number of oxazole rings is 1. The van der Waals surface area contributed by atoms with Gasteiger partial charge in [-0.25, -0.2) is 9.37 Å². The fourth-order valence-corrected chi connectivity index (χ4v) is 2.97. The highest BCUT2D eigenvalue weighted by Crippen LogP contribution is 2.24. The van der Waals surface area contributed by atoms with Crippen LogP contribution in [0.2, 0.25) is 0 Å². The maximum Gasteiger partial charge on any atom is 0.220 e. The standard InChI is InChI=1S/C20H18BrFN2O2/c1-13(14-5-7-17(22)8-6-14)24-19(25)9-10-20-23-12-18(26-20)15-3-2-4-16(21)11-15/h2-8,11-13H,9-10H2,1H3,(H,24,25). The lowest BCUT2D eigenvalue weighted by molar-refractivity contribution is -0.121. The Labute approximate surface area is 159 Å². The van der Waals surface area contributed by atoms with Crippen molar-refractivity contribution >= 4 is 21.8 Å². The average molecular weight is 417 g/mol. The number of carbonyl (C=O) groups excluding carboxylic acids is 1. The molecule has 0 aliphatic carbocycles. The van der Waals surface area contributed by atoms with E-state index in [1.54, 1.807) is 18.3 Å². The second-order valence-corrected chi connectivity index (χ2v) is 6.89. The summed E-state index contributed by atoms with van der Waals surface area (Å²) < 4.78 is 19.6. The summed E-state index contributed by atoms with van der Waals surface area (Å²) in [6.45, 7) is 1.86. The van der Waals surface area contributed by atoms with E-state index < -0.39 is 0 Å². The first-order chi connectivity index (χ1) is 12.5. The molecule has 0 aliphatic rings. The molecule has 0 saturated heterocycles. The molecular formula is C20H18BrFN2O2. The third-order valence-corrected chi connectivity index (χ3v) is 4.47. The van der Waals surface area contributed by atoms with Crippen molar-refractivity contribution in [2.24, 2.45) is 0 Å². The van der Waals surface area contributed by atoms with Gasteiger partial charge in [0.05, 0.1) is 12.2 Å². The summed E-state index contributed by atoms with van der Waals surface area (Å²) in [5.74, 6) is 0.785. The van der Waals surface area contributed by atoms with E-state index in [9.17, 15) is 9.18 Å². The topological polar surface area (TPSA) is 55.1 Å². The van der Waals surface area contributed by atoms with Crippen LogP contribution < -0.4 is 5.32 Å². The maximum atomic E-state index is 13.0. The van der Waals surface area contributed by atoms with Crippen LogP contribution in [0.15, 0.2) is 63.6 Å². The molecule has 3 aromatic rings. The van der Waals surface area contributed by atoms with Gasteiger partial charge in [-0.05, 0) is 36.8 Å². The van der Waals surface area contributed by atoms with Gasteiger partial charge in [0.1, 0.15) is 5.82 Å². The van der Waals surface area contributed by atoms with Crippen molar-refractivity contribution in [1.82, 2.24) is 10.3 Å². The van der Waals surface area contributed by atoms with Gasteiger partial charge < -0.3 is 9.73 Å². The zero-order chi connectivity index (χ0) is 18.5. The Hall–Kier alpha value is -2.47. The van der Waals surface area contributed by atoms with Crippen LogP contribution in [0.3, 0.4) is 0 Å². The highest BCUT2D eigenvalue weighted by atomic mass is 79.9. The highest BCUT2D eigenvalue weighted by Gasteiger charge is 2.12. The first-order valence-electron chi connectivity index (χ1n) is 8.27. The van der Waals surface area contributed by atoms with Gasteiger partial charge in [-0.2, -0.15) is 0 Å². The fraction of sp³-hybridized carbons (Fsp3) is 0.200. The van der Waals surface area contributed by atoms with Crippen LogP contribution in [0.4, 0.5) is 4.39 Å². The van der Waals surface area contributed by atoms with Crippen molar-refractivity contribution < 1.29 is 13.6 Å². The minimum absolute atomic E-state index is 0.107. The summed E-state index contributed by atoms with van der Waals surface area (Å²) in [7, 11) is 0. The first-order valence-corrected chi connectivity index (χ1v) is 9.06. The Morgan fingerprint density at radius 3 is 2.77 bits per heavy atom. The van der Waals surface area contributed by atoms with Crippen LogP contribution in [0, 0.1) is 5.82 Å². The van der Waals surface area contributed by atoms with Crippen molar-refractivity contribution in [1.29, 1.82) is 0 Å². The molecule has 1 atom stereocenters. The lowest BCUT2D eigenvalue weighted by Crippen LogP contribution is -2.26. The number of nitrogens with one attached hydrogen (secondary N) is 1. The van der Waals surface area contributed by atoms with E-state index in [4.69, 9.17) is 4.42 Å². The van der Waals surface area contributed by atoms with Crippen LogP contribution in [0.1, 0.15) is 30.8 Å². The summed E-state index contributed by atoms with van der Waals surface area (Å²) in [6, 6.07) is 13.6. The van der Waals surface area contributed by atoms with Gasteiger partial charge in [0.25, 0.3) is 0 Å². The zero-order valence-corrected chi connectivity index (χ0v) is 15.8. The molecule has 0 bridgehead atoms. The van der Waals surface area contributed by atoms with Crippen molar-refractivity contribution in [3.8, 4) is 11.3 Å². The third-order valence-electron chi connectivity index (χ3n) is 3.98. The van der Waals surface area contributed by atoms with Gasteiger partial charge in [-0.15, -0.1) is 0 Å². The smallest absolute Gasteiger partial charge is 0.220 e. The van der Waals surface area contributed by atoms with Crippen LogP contribution in [-0.4, -0.2) is 10.9 Å². The number of halogens is 2. The van der Waals surface area contributed by atoms with Gasteiger partial charge >= 0.3 is 0 Å². The van der Waals surface area contributed by atoms with Gasteiger partial charge in [0.15, 0.2) is 11.7 Å². The number of rotatable bonds is 6. The third kappa shape index (κ3) is 4.79. The van der Waals surface area contributed by atoms with Crippen LogP contribution in [-0.2, 0) is 11.2 Å². The molecule has 4 nitrogen and oxygen atoms in total. The molecule has 0 aliphatic heterocycles. The van der Waals surface area contributed by atoms with Crippen LogP contribution >= 0.6 is 15.9 Å². The summed E-state index contributed by atoms with van der Waals surface area (Å²) in [5.41, 5.74) is 1.78. The van der Waals surface area contributed by atoms with E-state index in [1.165, 1.54) is 12.1 Å². The van der Waals surface area contributed by atoms with Crippen LogP contribution in [0.5, 0.6) is 0 Å². The highest BCUT2D eigenvalue weighted by molar-refractivity contribution is 9.10. The van der Waals surface area contributed by atoms with Crippen molar-refractivity contribution in [2.75, 3.05) is 0 Å². The molecule has 6 heteroatoms. The molecule has 1 unspecified atom stereocenters. The van der Waals surface area contributed by atoms with E-state index in [2.05, 4.69) is 26.2 Å². The Morgan fingerprint density at radius 1 is 1.27 bits per heavy atom. The second-order valence-electron chi connectivity index (χ2n) is 5.97. The summed E-state index contributed by atoms with van der Waals surface area (Å²) in [4.78, 5) is 16.4. The molecular weight excluding hydrogens is 399 g/mol. The molecule has 26 heavy (non-hydrogen) atoms. The number of hydrogen-bond donors (Lipinski definition) is 1. The van der Waals surface area contributed by atoms with Gasteiger partial charge in [0, 0.05) is 22.9 Å². The number of benzene rings is 2. The molecule has 1 aromatic heterocycles. The molecule has 2 aromatic carbocycles. The Morgan fingerprint density at radius 2 is 2.04 bits per heavy atom. The van der Waals surface area contributed by atoms with Crippen molar-refractivity contribution in [3.63, 3.8) is 0 Å². The van der Waals surface area contributed by atoms with E-state index >= 15 is 0 Å². The summed E-state index contributed by atoms with van der Waals surface area (Å²) in [5, 5.41) is 2.89. The number of nitrogens with zero attached hydrogens (tertiary/aromatic N) is 1. The predicted molar refractivity (Wildman–Crippen MR) is 101 cm³/mol. The van der Waals surface area contributed by atoms with E-state index in [1.807, 2.05) is 31.2 Å². The lowest BCUT2D eigenvalue weighted by atomic mass is 10.1. The number of amides is 1. The van der Waals surface area contributed by atoms with Gasteiger partial charge in [-0.1, -0.05) is 40.2 Å². The minimum atomic E-state index is -0.294. The molecule has 3 rings (SSSR count). The van der Waals surface area contributed by atoms with E-state index in [-0.39, 0.29) is 24.2 Å². The normalized spacial score (nSPS) is 12.0. The van der Waals surface area contributed by atoms with Crippen molar-refractivity contribution in [3.05, 3.63) is 76.5 Å². The average Bonchev–Trinajstić information content (AvgIpc) is 3.09. The Balaban J connectivity index is 1.54. The summed E-state index contributed by atoms with van der Waals surface area (Å²) >= 11 is 3.43. The number of hydrogen-bond acceptors (Lipinski definition) is 3. The minimum Gasteiger partial charge on any atom is -0.441 e. The fourth-order valence-electron chi connectivity index (χ4n) is 2.57. The summed E-state index contributed by atoms with van der Waals surface area (Å²) in [6.07, 6.45) is 2.34. The van der Waals surface area contributed by atoms with Gasteiger partial charge in [-0.3, -0.25) is 4.79 Å². The monoisotopic (exact) mass is 416 g/mol. The number of carbonyl (C=O) groups is 1. The SMILES string of the molecule is CC(NC(=O)CCc1ncc(-c2cccc(Br)c2)o1)c1ccc(F)cc1. The lowest BCUT2D eigenvalue weighted by Gasteiger charge is -2.14. The first kappa shape index (κ1) is 18.3. The molecule has 0 saturated carbocycles. The molecule has 1 N–H and O–H groups in total. The molecule has 0 radical (unpaired) electrons. The largest absolute Gasteiger partial charge is 0.441 e. The van der Waals surface area contributed by atoms with Crippen LogP contribution in [0.25, 0.3) is 11.3 Å². The molecule has 0 fully saturated rings.